The Hall–Kier alpha value is -2.86. The van der Waals surface area contributed by atoms with E-state index in [0.717, 1.165) is 17.7 Å². The first-order valence-corrected chi connectivity index (χ1v) is 10.7. The summed E-state index contributed by atoms with van der Waals surface area (Å²) in [5, 5.41) is 6.57. The molecular formula is C22H28F4N4O4. The Bertz CT molecular complexity index is 947. The van der Waals surface area contributed by atoms with E-state index in [1.54, 1.807) is 38.1 Å². The van der Waals surface area contributed by atoms with Gasteiger partial charge in [0.25, 0.3) is 0 Å². The number of aromatic nitrogens is 2. The molecule has 8 nitrogen and oxygen atoms in total. The minimum atomic E-state index is -4.97. The molecule has 1 aliphatic heterocycles. The molecule has 1 saturated heterocycles. The van der Waals surface area contributed by atoms with Crippen LogP contribution >= 0.6 is 0 Å². The van der Waals surface area contributed by atoms with Gasteiger partial charge < -0.3 is 19.1 Å². The summed E-state index contributed by atoms with van der Waals surface area (Å²) >= 11 is 0. The van der Waals surface area contributed by atoms with Crippen molar-refractivity contribution in [3.05, 3.63) is 47.5 Å². The number of carbonyl (C=O) groups excluding carboxylic acids is 1. The number of carbonyl (C=O) groups is 1. The SMILES string of the molecule is CC(C)(C)OC(=O)N1CCN(Cc2ccc(OC(F)(F)F)c(F)c2)[C@@H](COCc2cn[nH]c2)C1. The van der Waals surface area contributed by atoms with Gasteiger partial charge in [0.05, 0.1) is 25.5 Å². The summed E-state index contributed by atoms with van der Waals surface area (Å²) in [6.07, 6.45) is -2.07. The van der Waals surface area contributed by atoms with Crippen LogP contribution in [0.1, 0.15) is 31.9 Å². The van der Waals surface area contributed by atoms with Crippen LogP contribution in [0.5, 0.6) is 5.75 Å². The molecule has 1 atom stereocenters. The molecule has 12 heteroatoms. The maximum Gasteiger partial charge on any atom is 0.573 e. The van der Waals surface area contributed by atoms with E-state index in [4.69, 9.17) is 9.47 Å². The van der Waals surface area contributed by atoms with Gasteiger partial charge in [0.1, 0.15) is 5.60 Å². The lowest BCUT2D eigenvalue weighted by molar-refractivity contribution is -0.275. The second kappa shape index (κ2) is 10.6. The van der Waals surface area contributed by atoms with E-state index < -0.39 is 29.6 Å². The molecule has 2 heterocycles. The van der Waals surface area contributed by atoms with E-state index in [1.165, 1.54) is 6.07 Å². The number of alkyl halides is 3. The molecule has 1 aromatic heterocycles. The Morgan fingerprint density at radius 2 is 1.97 bits per heavy atom. The quantitative estimate of drug-likeness (QED) is 0.592. The normalized spacial score (nSPS) is 17.6. The molecule has 0 radical (unpaired) electrons. The van der Waals surface area contributed by atoms with Gasteiger partial charge in [-0.05, 0) is 38.5 Å². The molecule has 3 rings (SSSR count). The third-order valence-electron chi connectivity index (χ3n) is 5.00. The fourth-order valence-corrected chi connectivity index (χ4v) is 3.51. The average Bonchev–Trinajstić information content (AvgIpc) is 3.22. The fraction of sp³-hybridized carbons (Fsp3) is 0.545. The number of hydrogen-bond acceptors (Lipinski definition) is 6. The highest BCUT2D eigenvalue weighted by Gasteiger charge is 2.34. The number of nitrogens with zero attached hydrogens (tertiary/aromatic N) is 3. The van der Waals surface area contributed by atoms with Crippen molar-refractivity contribution in [1.82, 2.24) is 20.0 Å². The van der Waals surface area contributed by atoms with E-state index in [-0.39, 0.29) is 19.2 Å². The largest absolute Gasteiger partial charge is 0.573 e. The zero-order chi connectivity index (χ0) is 24.9. The van der Waals surface area contributed by atoms with Crippen LogP contribution < -0.4 is 4.74 Å². The second-order valence-electron chi connectivity index (χ2n) is 8.98. The highest BCUT2D eigenvalue weighted by molar-refractivity contribution is 5.68. The van der Waals surface area contributed by atoms with Crippen LogP contribution in [0.3, 0.4) is 0 Å². The Labute approximate surface area is 194 Å². The number of aromatic amines is 1. The summed E-state index contributed by atoms with van der Waals surface area (Å²) in [4.78, 5) is 16.1. The van der Waals surface area contributed by atoms with E-state index in [9.17, 15) is 22.4 Å². The van der Waals surface area contributed by atoms with Crippen molar-refractivity contribution in [2.75, 3.05) is 26.2 Å². The number of nitrogens with one attached hydrogen (secondary N) is 1. The molecule has 2 aromatic rings. The number of H-pyrrole nitrogens is 1. The first-order chi connectivity index (χ1) is 15.9. The highest BCUT2D eigenvalue weighted by Crippen LogP contribution is 2.27. The average molecular weight is 488 g/mol. The summed E-state index contributed by atoms with van der Waals surface area (Å²) in [7, 11) is 0. The number of benzene rings is 1. The van der Waals surface area contributed by atoms with Crippen LogP contribution in [0.25, 0.3) is 0 Å². The number of hydrogen-bond donors (Lipinski definition) is 1. The van der Waals surface area contributed by atoms with Gasteiger partial charge in [0.2, 0.25) is 0 Å². The van der Waals surface area contributed by atoms with Gasteiger partial charge in [0.15, 0.2) is 11.6 Å². The van der Waals surface area contributed by atoms with Crippen LogP contribution in [0, 0.1) is 5.82 Å². The third-order valence-corrected chi connectivity index (χ3v) is 5.00. The third kappa shape index (κ3) is 7.87. The van der Waals surface area contributed by atoms with Crippen molar-refractivity contribution < 1.29 is 36.6 Å². The van der Waals surface area contributed by atoms with Crippen molar-refractivity contribution in [2.45, 2.75) is 51.9 Å². The Morgan fingerprint density at radius 1 is 1.21 bits per heavy atom. The summed E-state index contributed by atoms with van der Waals surface area (Å²) < 4.78 is 66.4. The van der Waals surface area contributed by atoms with Crippen molar-refractivity contribution in [2.24, 2.45) is 0 Å². The van der Waals surface area contributed by atoms with Gasteiger partial charge in [-0.1, -0.05) is 6.07 Å². The van der Waals surface area contributed by atoms with Crippen LogP contribution in [-0.4, -0.2) is 70.3 Å². The lowest BCUT2D eigenvalue weighted by atomic mass is 10.1. The zero-order valence-electron chi connectivity index (χ0n) is 19.2. The molecular weight excluding hydrogens is 460 g/mol. The molecule has 0 bridgehead atoms. The zero-order valence-corrected chi connectivity index (χ0v) is 19.2. The minimum Gasteiger partial charge on any atom is -0.444 e. The van der Waals surface area contributed by atoms with Gasteiger partial charge in [-0.15, -0.1) is 13.2 Å². The molecule has 0 unspecified atom stereocenters. The molecule has 34 heavy (non-hydrogen) atoms. The molecule has 1 fully saturated rings. The van der Waals surface area contributed by atoms with Gasteiger partial charge in [-0.2, -0.15) is 5.10 Å². The Balaban J connectivity index is 1.68. The molecule has 0 saturated carbocycles. The predicted octanol–water partition coefficient (Wildman–Crippen LogP) is 4.09. The van der Waals surface area contributed by atoms with Crippen LogP contribution in [0.4, 0.5) is 22.4 Å². The van der Waals surface area contributed by atoms with Crippen LogP contribution in [-0.2, 0) is 22.6 Å². The lowest BCUT2D eigenvalue weighted by Gasteiger charge is -2.41. The smallest absolute Gasteiger partial charge is 0.444 e. The van der Waals surface area contributed by atoms with Crippen LogP contribution in [0.15, 0.2) is 30.6 Å². The van der Waals surface area contributed by atoms with E-state index in [0.29, 0.717) is 31.8 Å². The van der Waals surface area contributed by atoms with Crippen molar-refractivity contribution in [3.8, 4) is 5.75 Å². The molecule has 1 aromatic carbocycles. The highest BCUT2D eigenvalue weighted by atomic mass is 19.4. The molecule has 0 spiro atoms. The molecule has 0 aliphatic carbocycles. The van der Waals surface area contributed by atoms with E-state index in [1.807, 2.05) is 4.90 Å². The number of ether oxygens (including phenoxy) is 3. The molecule has 1 amide bonds. The number of piperazine rings is 1. The van der Waals surface area contributed by atoms with E-state index >= 15 is 0 Å². The first kappa shape index (κ1) is 25.8. The van der Waals surface area contributed by atoms with Crippen molar-refractivity contribution >= 4 is 6.09 Å². The summed E-state index contributed by atoms with van der Waals surface area (Å²) in [5.41, 5.74) is 0.686. The predicted molar refractivity (Wildman–Crippen MR) is 113 cm³/mol. The van der Waals surface area contributed by atoms with Gasteiger partial charge in [-0.25, -0.2) is 9.18 Å². The lowest BCUT2D eigenvalue weighted by Crippen LogP contribution is -2.56. The van der Waals surface area contributed by atoms with E-state index in [2.05, 4.69) is 14.9 Å². The Kier molecular flexibility index (Phi) is 8.03. The maximum atomic E-state index is 14.2. The summed E-state index contributed by atoms with van der Waals surface area (Å²) in [6.45, 7) is 7.33. The van der Waals surface area contributed by atoms with Gasteiger partial charge >= 0.3 is 12.5 Å². The van der Waals surface area contributed by atoms with Crippen molar-refractivity contribution in [3.63, 3.8) is 0 Å². The summed E-state index contributed by atoms with van der Waals surface area (Å²) in [6, 6.07) is 3.11. The molecule has 188 valence electrons. The molecule has 1 aliphatic rings. The summed E-state index contributed by atoms with van der Waals surface area (Å²) in [5.74, 6) is -1.99. The van der Waals surface area contributed by atoms with Gasteiger partial charge in [0, 0.05) is 37.9 Å². The number of rotatable bonds is 7. The number of amides is 1. The van der Waals surface area contributed by atoms with Crippen LogP contribution in [0.2, 0.25) is 0 Å². The standard InChI is InChI=1S/C22H28F4N4O4/c1-21(2,3)34-20(31)30-7-6-29(17(12-30)14-32-13-16-9-27-28-10-16)11-15-4-5-19(18(23)8-15)33-22(24,25)26/h4-5,8-10,17H,6-7,11-14H2,1-3H3,(H,27,28)/t17-/m1/s1. The minimum absolute atomic E-state index is 0.248. The molecule has 1 N–H and O–H groups in total. The van der Waals surface area contributed by atoms with Gasteiger partial charge in [-0.3, -0.25) is 10.00 Å². The monoisotopic (exact) mass is 488 g/mol. The fourth-order valence-electron chi connectivity index (χ4n) is 3.51. The van der Waals surface area contributed by atoms with Crippen molar-refractivity contribution in [1.29, 1.82) is 0 Å². The number of halogens is 4. The second-order valence-corrected chi connectivity index (χ2v) is 8.98. The first-order valence-electron chi connectivity index (χ1n) is 10.7. The Morgan fingerprint density at radius 3 is 2.59 bits per heavy atom. The topological polar surface area (TPSA) is 79.9 Å². The maximum absolute atomic E-state index is 14.2.